The van der Waals surface area contributed by atoms with Crippen molar-refractivity contribution in [1.29, 1.82) is 0 Å². The Balaban J connectivity index is 2.08. The van der Waals surface area contributed by atoms with Crippen LogP contribution in [0, 0.1) is 0 Å². The summed E-state index contributed by atoms with van der Waals surface area (Å²) in [7, 11) is 1.62. The SMILES string of the molecule is COc1ccc(SC=C2C(=O)ON=C2C)cc1. The fourth-order valence-electron chi connectivity index (χ4n) is 1.27. The number of carbonyl (C=O) groups is 1. The van der Waals surface area contributed by atoms with Crippen molar-refractivity contribution >= 4 is 23.4 Å². The summed E-state index contributed by atoms with van der Waals surface area (Å²) in [5, 5.41) is 5.35. The first kappa shape index (κ1) is 11.7. The Morgan fingerprint density at radius 1 is 1.35 bits per heavy atom. The fraction of sp³-hybridized carbons (Fsp3) is 0.167. The Bertz CT molecular complexity index is 491. The molecule has 0 fully saturated rings. The highest BCUT2D eigenvalue weighted by molar-refractivity contribution is 8.02. The lowest BCUT2D eigenvalue weighted by molar-refractivity contribution is -0.136. The van der Waals surface area contributed by atoms with Crippen molar-refractivity contribution in [1.82, 2.24) is 0 Å². The monoisotopic (exact) mass is 249 g/mol. The standard InChI is InChI=1S/C12H11NO3S/c1-8-11(12(14)16-13-8)7-17-10-5-3-9(15-2)4-6-10/h3-7H,1-2H3. The topological polar surface area (TPSA) is 47.9 Å². The van der Waals surface area contributed by atoms with Gasteiger partial charge in [0.2, 0.25) is 0 Å². The molecule has 0 amide bonds. The van der Waals surface area contributed by atoms with Crippen LogP contribution < -0.4 is 4.74 Å². The largest absolute Gasteiger partial charge is 0.497 e. The zero-order chi connectivity index (χ0) is 12.3. The van der Waals surface area contributed by atoms with Gasteiger partial charge in [-0.25, -0.2) is 4.79 Å². The first-order chi connectivity index (χ1) is 8.20. The summed E-state index contributed by atoms with van der Waals surface area (Å²) in [6.07, 6.45) is 0. The van der Waals surface area contributed by atoms with Crippen LogP contribution in [-0.2, 0) is 9.63 Å². The normalized spacial score (nSPS) is 16.9. The van der Waals surface area contributed by atoms with Crippen LogP contribution in [0.4, 0.5) is 0 Å². The molecule has 0 spiro atoms. The van der Waals surface area contributed by atoms with Crippen LogP contribution in [0.1, 0.15) is 6.92 Å². The van der Waals surface area contributed by atoms with Crippen LogP contribution in [0.25, 0.3) is 0 Å². The molecule has 88 valence electrons. The van der Waals surface area contributed by atoms with Gasteiger partial charge in [0.05, 0.1) is 18.4 Å². The molecule has 0 saturated heterocycles. The minimum absolute atomic E-state index is 0.400. The molecule has 0 N–H and O–H groups in total. The average molecular weight is 249 g/mol. The molecule has 1 heterocycles. The van der Waals surface area contributed by atoms with Gasteiger partial charge < -0.3 is 9.57 Å². The molecule has 0 saturated carbocycles. The van der Waals surface area contributed by atoms with Crippen molar-refractivity contribution in [2.45, 2.75) is 11.8 Å². The molecule has 1 aliphatic heterocycles. The van der Waals surface area contributed by atoms with E-state index in [-0.39, 0.29) is 0 Å². The Morgan fingerprint density at radius 2 is 2.06 bits per heavy atom. The van der Waals surface area contributed by atoms with Crippen molar-refractivity contribution in [3.05, 3.63) is 35.2 Å². The second-order valence-electron chi connectivity index (χ2n) is 3.38. The van der Waals surface area contributed by atoms with Crippen LogP contribution in [0.2, 0.25) is 0 Å². The fourth-order valence-corrected chi connectivity index (χ4v) is 2.08. The predicted octanol–water partition coefficient (Wildman–Crippen LogP) is 2.60. The number of ether oxygens (including phenoxy) is 1. The van der Waals surface area contributed by atoms with E-state index in [2.05, 4.69) is 9.99 Å². The Kier molecular flexibility index (Phi) is 3.49. The average Bonchev–Trinajstić information content (AvgIpc) is 2.67. The highest BCUT2D eigenvalue weighted by Crippen LogP contribution is 2.25. The summed E-state index contributed by atoms with van der Waals surface area (Å²) in [6, 6.07) is 7.59. The maximum Gasteiger partial charge on any atom is 0.368 e. The number of hydrogen-bond donors (Lipinski definition) is 0. The molecule has 2 rings (SSSR count). The number of thioether (sulfide) groups is 1. The first-order valence-electron chi connectivity index (χ1n) is 4.98. The maximum absolute atomic E-state index is 11.3. The molecule has 4 nitrogen and oxygen atoms in total. The molecule has 0 radical (unpaired) electrons. The number of methoxy groups -OCH3 is 1. The van der Waals surface area contributed by atoms with E-state index in [1.165, 1.54) is 11.8 Å². The van der Waals surface area contributed by atoms with E-state index in [9.17, 15) is 4.79 Å². The smallest absolute Gasteiger partial charge is 0.368 e. The Hall–Kier alpha value is -1.75. The van der Waals surface area contributed by atoms with Crippen molar-refractivity contribution in [3.63, 3.8) is 0 Å². The van der Waals surface area contributed by atoms with E-state index in [1.54, 1.807) is 19.4 Å². The van der Waals surface area contributed by atoms with Gasteiger partial charge in [0.1, 0.15) is 5.75 Å². The van der Waals surface area contributed by atoms with Crippen molar-refractivity contribution < 1.29 is 14.4 Å². The molecule has 0 aromatic heterocycles. The zero-order valence-corrected chi connectivity index (χ0v) is 10.3. The Labute approximate surface area is 103 Å². The molecular weight excluding hydrogens is 238 g/mol. The third kappa shape index (κ3) is 2.68. The summed E-state index contributed by atoms with van der Waals surface area (Å²) < 4.78 is 5.06. The molecular formula is C12H11NO3S. The highest BCUT2D eigenvalue weighted by Gasteiger charge is 2.21. The molecule has 1 aromatic carbocycles. The van der Waals surface area contributed by atoms with Gasteiger partial charge in [0.15, 0.2) is 0 Å². The van der Waals surface area contributed by atoms with E-state index in [0.29, 0.717) is 11.3 Å². The van der Waals surface area contributed by atoms with Crippen LogP contribution in [0.3, 0.4) is 0 Å². The lowest BCUT2D eigenvalue weighted by Crippen LogP contribution is -2.00. The number of benzene rings is 1. The Morgan fingerprint density at radius 3 is 2.59 bits per heavy atom. The van der Waals surface area contributed by atoms with Gasteiger partial charge in [-0.05, 0) is 36.6 Å². The zero-order valence-electron chi connectivity index (χ0n) is 9.47. The van der Waals surface area contributed by atoms with Crippen LogP contribution >= 0.6 is 11.8 Å². The number of oxime groups is 1. The molecule has 1 aromatic rings. The molecule has 17 heavy (non-hydrogen) atoms. The van der Waals surface area contributed by atoms with Crippen molar-refractivity contribution in [2.24, 2.45) is 5.16 Å². The summed E-state index contributed by atoms with van der Waals surface area (Å²) in [5.41, 5.74) is 1.11. The summed E-state index contributed by atoms with van der Waals surface area (Å²) in [6.45, 7) is 1.74. The summed E-state index contributed by atoms with van der Waals surface area (Å²) in [5.74, 6) is 0.406. The number of carbonyl (C=O) groups excluding carboxylic acids is 1. The summed E-state index contributed by atoms with van der Waals surface area (Å²) in [4.78, 5) is 16.8. The third-order valence-electron chi connectivity index (χ3n) is 2.25. The third-order valence-corrected chi connectivity index (χ3v) is 3.15. The highest BCUT2D eigenvalue weighted by atomic mass is 32.2. The quantitative estimate of drug-likeness (QED) is 0.469. The molecule has 0 aliphatic carbocycles. The number of rotatable bonds is 3. The van der Waals surface area contributed by atoms with Crippen LogP contribution in [0.5, 0.6) is 5.75 Å². The maximum atomic E-state index is 11.3. The molecule has 1 aliphatic rings. The second kappa shape index (κ2) is 5.05. The van der Waals surface area contributed by atoms with Gasteiger partial charge in [-0.3, -0.25) is 0 Å². The van der Waals surface area contributed by atoms with Gasteiger partial charge in [-0.1, -0.05) is 16.9 Å². The van der Waals surface area contributed by atoms with E-state index in [1.807, 2.05) is 24.3 Å². The summed E-state index contributed by atoms with van der Waals surface area (Å²) >= 11 is 1.45. The van der Waals surface area contributed by atoms with Gasteiger partial charge in [0.25, 0.3) is 0 Å². The van der Waals surface area contributed by atoms with Crippen LogP contribution in [-0.4, -0.2) is 18.8 Å². The minimum Gasteiger partial charge on any atom is -0.497 e. The van der Waals surface area contributed by atoms with Crippen molar-refractivity contribution in [3.8, 4) is 5.75 Å². The van der Waals surface area contributed by atoms with Gasteiger partial charge >= 0.3 is 5.97 Å². The lowest BCUT2D eigenvalue weighted by atomic mass is 10.2. The molecule has 5 heteroatoms. The van der Waals surface area contributed by atoms with Gasteiger partial charge in [-0.15, -0.1) is 0 Å². The molecule has 0 unspecified atom stereocenters. The van der Waals surface area contributed by atoms with E-state index in [4.69, 9.17) is 4.74 Å². The first-order valence-corrected chi connectivity index (χ1v) is 5.86. The van der Waals surface area contributed by atoms with Gasteiger partial charge in [0, 0.05) is 4.90 Å². The van der Waals surface area contributed by atoms with E-state index >= 15 is 0 Å². The predicted molar refractivity (Wildman–Crippen MR) is 66.1 cm³/mol. The molecule has 0 bridgehead atoms. The second-order valence-corrected chi connectivity index (χ2v) is 4.32. The lowest BCUT2D eigenvalue weighted by Gasteiger charge is -2.00. The van der Waals surface area contributed by atoms with Crippen molar-refractivity contribution in [2.75, 3.05) is 7.11 Å². The minimum atomic E-state index is -0.400. The van der Waals surface area contributed by atoms with E-state index < -0.39 is 5.97 Å². The molecule has 0 atom stereocenters. The number of hydrogen-bond acceptors (Lipinski definition) is 5. The van der Waals surface area contributed by atoms with Gasteiger partial charge in [-0.2, -0.15) is 0 Å². The number of nitrogens with zero attached hydrogens (tertiary/aromatic N) is 1. The van der Waals surface area contributed by atoms with Crippen LogP contribution in [0.15, 0.2) is 45.3 Å². The van der Waals surface area contributed by atoms with E-state index in [0.717, 1.165) is 10.6 Å².